The number of aryl methyl sites for hydroxylation is 1. The lowest BCUT2D eigenvalue weighted by Crippen LogP contribution is -2.39. The molecular weight excluding hydrogens is 347 g/mol. The molecule has 146 valence electrons. The number of aromatic hydroxyl groups is 1. The van der Waals surface area contributed by atoms with Crippen molar-refractivity contribution in [3.63, 3.8) is 0 Å². The molecule has 5 nitrogen and oxygen atoms in total. The van der Waals surface area contributed by atoms with Crippen LogP contribution in [0.5, 0.6) is 5.75 Å². The molecule has 2 aromatic rings. The summed E-state index contributed by atoms with van der Waals surface area (Å²) in [5.41, 5.74) is 1.64. The van der Waals surface area contributed by atoms with Crippen LogP contribution < -0.4 is 5.56 Å². The zero-order valence-electron chi connectivity index (χ0n) is 15.9. The van der Waals surface area contributed by atoms with Crippen LogP contribution >= 0.6 is 0 Å². The molecule has 6 heteroatoms. The highest BCUT2D eigenvalue weighted by Gasteiger charge is 2.30. The summed E-state index contributed by atoms with van der Waals surface area (Å²) in [5.74, 6) is -0.326. The van der Waals surface area contributed by atoms with Gasteiger partial charge in [0.2, 0.25) is 0 Å². The normalized spacial score (nSPS) is 16.4. The minimum absolute atomic E-state index is 0.00827. The fourth-order valence-electron chi connectivity index (χ4n) is 3.87. The van der Waals surface area contributed by atoms with Crippen LogP contribution in [0.15, 0.2) is 35.1 Å². The maximum absolute atomic E-state index is 13.5. The van der Waals surface area contributed by atoms with E-state index in [1.165, 1.54) is 12.1 Å². The van der Waals surface area contributed by atoms with Gasteiger partial charge >= 0.3 is 0 Å². The first-order chi connectivity index (χ1) is 13.0. The van der Waals surface area contributed by atoms with Gasteiger partial charge in [-0.2, -0.15) is 0 Å². The molecule has 2 heterocycles. The van der Waals surface area contributed by atoms with Crippen LogP contribution in [0.25, 0.3) is 0 Å². The molecule has 1 N–H and O–H groups in total. The largest absolute Gasteiger partial charge is 0.507 e. The first kappa shape index (κ1) is 19.6. The van der Waals surface area contributed by atoms with Crippen molar-refractivity contribution in [2.75, 3.05) is 26.8 Å². The first-order valence-electron chi connectivity index (χ1n) is 9.44. The minimum Gasteiger partial charge on any atom is -0.507 e. The van der Waals surface area contributed by atoms with E-state index in [-0.39, 0.29) is 17.1 Å². The molecule has 1 aliphatic rings. The van der Waals surface area contributed by atoms with Gasteiger partial charge in [-0.3, -0.25) is 9.69 Å². The van der Waals surface area contributed by atoms with Gasteiger partial charge in [0.05, 0.1) is 18.2 Å². The van der Waals surface area contributed by atoms with Gasteiger partial charge in [0.15, 0.2) is 0 Å². The van der Waals surface area contributed by atoms with E-state index < -0.39 is 6.04 Å². The number of pyridine rings is 1. The van der Waals surface area contributed by atoms with Crippen molar-refractivity contribution in [3.05, 3.63) is 63.3 Å². The van der Waals surface area contributed by atoms with Gasteiger partial charge in [-0.15, -0.1) is 0 Å². The molecule has 0 saturated carbocycles. The van der Waals surface area contributed by atoms with Crippen LogP contribution in [0, 0.1) is 12.7 Å². The average Bonchev–Trinajstić information content (AvgIpc) is 2.66. The molecule has 1 atom stereocenters. The molecule has 0 bridgehead atoms. The number of aromatic nitrogens is 1. The van der Waals surface area contributed by atoms with E-state index in [0.29, 0.717) is 24.4 Å². The lowest BCUT2D eigenvalue weighted by molar-refractivity contribution is 0.178. The van der Waals surface area contributed by atoms with Crippen molar-refractivity contribution in [2.45, 2.75) is 38.8 Å². The van der Waals surface area contributed by atoms with Crippen molar-refractivity contribution in [2.24, 2.45) is 0 Å². The predicted molar refractivity (Wildman–Crippen MR) is 103 cm³/mol. The fourth-order valence-corrected chi connectivity index (χ4v) is 3.87. The maximum atomic E-state index is 13.5. The highest BCUT2D eigenvalue weighted by molar-refractivity contribution is 5.41. The van der Waals surface area contributed by atoms with Crippen LogP contribution in [-0.4, -0.2) is 41.4 Å². The molecule has 0 spiro atoms. The Hall–Kier alpha value is -2.18. The third-order valence-electron chi connectivity index (χ3n) is 5.26. The van der Waals surface area contributed by atoms with Crippen molar-refractivity contribution in [3.8, 4) is 5.75 Å². The minimum atomic E-state index is -0.396. The summed E-state index contributed by atoms with van der Waals surface area (Å²) in [6, 6.07) is 7.45. The third-order valence-corrected chi connectivity index (χ3v) is 5.26. The van der Waals surface area contributed by atoms with Gasteiger partial charge in [-0.05, 0) is 56.6 Å². The van der Waals surface area contributed by atoms with Crippen molar-refractivity contribution in [1.82, 2.24) is 9.47 Å². The van der Waals surface area contributed by atoms with E-state index in [1.54, 1.807) is 36.8 Å². The number of benzene rings is 1. The monoisotopic (exact) mass is 374 g/mol. The summed E-state index contributed by atoms with van der Waals surface area (Å²) in [6.45, 7) is 4.31. The topological polar surface area (TPSA) is 54.7 Å². The highest BCUT2D eigenvalue weighted by Crippen LogP contribution is 2.34. The summed E-state index contributed by atoms with van der Waals surface area (Å²) in [5, 5.41) is 10.7. The Kier molecular flexibility index (Phi) is 6.29. The number of piperidine rings is 1. The number of halogens is 1. The quantitative estimate of drug-likeness (QED) is 0.844. The SMILES string of the molecule is COCCn1c(C)cc(O)c(C(c2ccc(F)cc2)N2CCCCC2)c1=O. The molecule has 3 rings (SSSR count). The summed E-state index contributed by atoms with van der Waals surface area (Å²) >= 11 is 0. The molecule has 1 aromatic carbocycles. The van der Waals surface area contributed by atoms with E-state index in [1.807, 2.05) is 0 Å². The Morgan fingerprint density at radius 1 is 1.19 bits per heavy atom. The number of rotatable bonds is 6. The van der Waals surface area contributed by atoms with Crippen LogP contribution in [0.1, 0.15) is 42.1 Å². The predicted octanol–water partition coefficient (Wildman–Crippen LogP) is 3.22. The Morgan fingerprint density at radius 2 is 1.85 bits per heavy atom. The molecule has 0 aliphatic carbocycles. The van der Waals surface area contributed by atoms with Gasteiger partial charge in [-0.1, -0.05) is 18.6 Å². The standard InChI is InChI=1S/C21H27FN2O3/c1-15-14-18(25)19(21(26)24(15)12-13-27-2)20(23-10-4-3-5-11-23)16-6-8-17(22)9-7-16/h6-9,14,20,25H,3-5,10-13H2,1-2H3. The number of hydrogen-bond acceptors (Lipinski definition) is 4. The zero-order valence-corrected chi connectivity index (χ0v) is 15.9. The van der Waals surface area contributed by atoms with Crippen molar-refractivity contribution < 1.29 is 14.2 Å². The van der Waals surface area contributed by atoms with Gasteiger partial charge in [-0.25, -0.2) is 4.39 Å². The first-order valence-corrected chi connectivity index (χ1v) is 9.44. The van der Waals surface area contributed by atoms with Gasteiger partial charge in [0.25, 0.3) is 5.56 Å². The zero-order chi connectivity index (χ0) is 19.4. The second-order valence-corrected chi connectivity index (χ2v) is 7.08. The molecule has 1 aromatic heterocycles. The lowest BCUT2D eigenvalue weighted by atomic mass is 9.94. The van der Waals surface area contributed by atoms with E-state index in [0.717, 1.165) is 37.9 Å². The van der Waals surface area contributed by atoms with Gasteiger partial charge in [0.1, 0.15) is 11.6 Å². The summed E-state index contributed by atoms with van der Waals surface area (Å²) in [7, 11) is 1.59. The molecule has 1 fully saturated rings. The molecular formula is C21H27FN2O3. The summed E-state index contributed by atoms with van der Waals surface area (Å²) < 4.78 is 20.2. The molecule has 0 amide bonds. The lowest BCUT2D eigenvalue weighted by Gasteiger charge is -2.35. The van der Waals surface area contributed by atoms with Crippen LogP contribution in [0.2, 0.25) is 0 Å². The molecule has 1 saturated heterocycles. The van der Waals surface area contributed by atoms with Crippen LogP contribution in [0.4, 0.5) is 4.39 Å². The van der Waals surface area contributed by atoms with E-state index >= 15 is 0 Å². The second kappa shape index (κ2) is 8.67. The number of ether oxygens (including phenoxy) is 1. The van der Waals surface area contributed by atoms with Gasteiger partial charge < -0.3 is 14.4 Å². The van der Waals surface area contributed by atoms with E-state index in [4.69, 9.17) is 4.74 Å². The number of methoxy groups -OCH3 is 1. The number of hydrogen-bond donors (Lipinski definition) is 1. The molecule has 0 radical (unpaired) electrons. The van der Waals surface area contributed by atoms with Crippen LogP contribution in [-0.2, 0) is 11.3 Å². The summed E-state index contributed by atoms with van der Waals surface area (Å²) in [6.07, 6.45) is 3.24. The highest BCUT2D eigenvalue weighted by atomic mass is 19.1. The molecule has 27 heavy (non-hydrogen) atoms. The maximum Gasteiger partial charge on any atom is 0.259 e. The second-order valence-electron chi connectivity index (χ2n) is 7.08. The van der Waals surface area contributed by atoms with Crippen molar-refractivity contribution >= 4 is 0 Å². The smallest absolute Gasteiger partial charge is 0.259 e. The Labute approximate surface area is 159 Å². The van der Waals surface area contributed by atoms with E-state index in [2.05, 4.69) is 4.90 Å². The fraction of sp³-hybridized carbons (Fsp3) is 0.476. The van der Waals surface area contributed by atoms with Crippen molar-refractivity contribution in [1.29, 1.82) is 0 Å². The van der Waals surface area contributed by atoms with Crippen LogP contribution in [0.3, 0.4) is 0 Å². The number of nitrogens with zero attached hydrogens (tertiary/aromatic N) is 2. The van der Waals surface area contributed by atoms with E-state index in [9.17, 15) is 14.3 Å². The Bertz CT molecular complexity index is 827. The molecule has 1 unspecified atom stereocenters. The molecule has 1 aliphatic heterocycles. The average molecular weight is 374 g/mol. The summed E-state index contributed by atoms with van der Waals surface area (Å²) in [4.78, 5) is 15.5. The Morgan fingerprint density at radius 3 is 2.48 bits per heavy atom. The number of likely N-dealkylation sites (tertiary alicyclic amines) is 1. The van der Waals surface area contributed by atoms with Gasteiger partial charge in [0, 0.05) is 19.3 Å². The third kappa shape index (κ3) is 4.22. The Balaban J connectivity index is 2.13.